The van der Waals surface area contributed by atoms with Crippen LogP contribution in [-0.4, -0.2) is 36.9 Å². The second-order valence-corrected chi connectivity index (χ2v) is 9.32. The molecule has 1 N–H and O–H groups in total. The summed E-state index contributed by atoms with van der Waals surface area (Å²) in [5.74, 6) is -0.747. The number of allylic oxidation sites excluding steroid dienone is 3. The number of halogens is 3. The van der Waals surface area contributed by atoms with Gasteiger partial charge in [-0.15, -0.1) is 0 Å². The fourth-order valence-electron chi connectivity index (χ4n) is 4.05. The molecule has 0 radical (unpaired) electrons. The number of hydrogen-bond acceptors (Lipinski definition) is 7. The molecule has 3 aromatic heterocycles. The molecule has 0 atom stereocenters. The van der Waals surface area contributed by atoms with E-state index in [1.165, 1.54) is 10.6 Å². The largest absolute Gasteiger partial charge is 0.485 e. The van der Waals surface area contributed by atoms with E-state index in [0.717, 1.165) is 11.9 Å². The minimum Gasteiger partial charge on any atom is -0.485 e. The monoisotopic (exact) mass is 541 g/mol. The molecule has 4 rings (SSSR count). The van der Waals surface area contributed by atoms with Crippen molar-refractivity contribution in [3.63, 3.8) is 0 Å². The summed E-state index contributed by atoms with van der Waals surface area (Å²) in [4.78, 5) is 30.1. The molecule has 38 heavy (non-hydrogen) atoms. The number of hydrogen-bond donors (Lipinski definition) is 1. The Morgan fingerprint density at radius 2 is 2.11 bits per heavy atom. The molecule has 0 amide bonds. The third kappa shape index (κ3) is 6.03. The topological polar surface area (TPSA) is 102 Å². The molecule has 0 aliphatic heterocycles. The van der Waals surface area contributed by atoms with Gasteiger partial charge in [-0.2, -0.15) is 0 Å². The van der Waals surface area contributed by atoms with Crippen molar-refractivity contribution in [1.82, 2.24) is 19.5 Å². The van der Waals surface area contributed by atoms with E-state index in [9.17, 15) is 18.7 Å². The van der Waals surface area contributed by atoms with E-state index in [1.54, 1.807) is 38.4 Å². The molecule has 1 fully saturated rings. The van der Waals surface area contributed by atoms with Crippen molar-refractivity contribution in [3.05, 3.63) is 98.7 Å². The molecular formula is C27H26ClF2N5O3. The van der Waals surface area contributed by atoms with Crippen LogP contribution < -0.4 is 10.3 Å². The molecule has 0 saturated heterocycles. The number of aryl methyl sites for hydroxylation is 1. The average molecular weight is 542 g/mol. The van der Waals surface area contributed by atoms with Gasteiger partial charge in [0.05, 0.1) is 30.2 Å². The molecule has 8 nitrogen and oxygen atoms in total. The van der Waals surface area contributed by atoms with Gasteiger partial charge in [0.25, 0.3) is 5.56 Å². The van der Waals surface area contributed by atoms with Crippen LogP contribution in [-0.2, 0) is 13.2 Å². The maximum Gasteiger partial charge on any atom is 0.277 e. The summed E-state index contributed by atoms with van der Waals surface area (Å²) in [6.45, 7) is 7.28. The first-order chi connectivity index (χ1) is 18.2. The van der Waals surface area contributed by atoms with Crippen molar-refractivity contribution in [2.24, 2.45) is 4.99 Å². The molecular weight excluding hydrogens is 516 g/mol. The molecule has 11 heteroatoms. The van der Waals surface area contributed by atoms with E-state index in [4.69, 9.17) is 16.3 Å². The number of aliphatic hydroxyl groups excluding tert-OH is 1. The van der Waals surface area contributed by atoms with E-state index in [1.807, 2.05) is 0 Å². The zero-order valence-electron chi connectivity index (χ0n) is 20.9. The van der Waals surface area contributed by atoms with Crippen molar-refractivity contribution in [3.8, 4) is 5.75 Å². The molecule has 3 aromatic rings. The van der Waals surface area contributed by atoms with Crippen molar-refractivity contribution >= 4 is 23.5 Å². The van der Waals surface area contributed by atoms with E-state index in [0.29, 0.717) is 48.2 Å². The second-order valence-electron chi connectivity index (χ2n) is 8.95. The Morgan fingerprint density at radius 1 is 1.34 bits per heavy atom. The second kappa shape index (κ2) is 11.7. The molecule has 1 aliphatic rings. The first-order valence-corrected chi connectivity index (χ1v) is 12.2. The Kier molecular flexibility index (Phi) is 8.43. The summed E-state index contributed by atoms with van der Waals surface area (Å²) in [7, 11) is 0. The minimum absolute atomic E-state index is 0.0456. The number of aliphatic hydroxyl groups is 1. The van der Waals surface area contributed by atoms with Crippen LogP contribution in [0.2, 0.25) is 5.02 Å². The van der Waals surface area contributed by atoms with Crippen molar-refractivity contribution in [2.75, 3.05) is 0 Å². The number of pyridine rings is 2. The number of rotatable bonds is 9. The highest BCUT2D eigenvalue weighted by atomic mass is 35.5. The number of nitrogens with zero attached hydrogens (tertiary/aromatic N) is 5. The maximum absolute atomic E-state index is 13.9. The van der Waals surface area contributed by atoms with Crippen molar-refractivity contribution in [2.45, 2.75) is 51.9 Å². The zero-order valence-corrected chi connectivity index (χ0v) is 21.6. The third-order valence-electron chi connectivity index (χ3n) is 6.13. The first-order valence-electron chi connectivity index (χ1n) is 11.9. The van der Waals surface area contributed by atoms with Gasteiger partial charge in [0.2, 0.25) is 0 Å². The summed E-state index contributed by atoms with van der Waals surface area (Å²) < 4.78 is 33.9. The van der Waals surface area contributed by atoms with Crippen molar-refractivity contribution in [1.29, 1.82) is 0 Å². The summed E-state index contributed by atoms with van der Waals surface area (Å²) in [5.41, 5.74) is 1.69. The van der Waals surface area contributed by atoms with Crippen LogP contribution in [0.5, 0.6) is 5.75 Å². The van der Waals surface area contributed by atoms with Gasteiger partial charge in [-0.25, -0.2) is 18.7 Å². The number of aliphatic imine (C=N–C) groups is 1. The van der Waals surface area contributed by atoms with Gasteiger partial charge in [0.15, 0.2) is 5.82 Å². The van der Waals surface area contributed by atoms with E-state index < -0.39 is 17.2 Å². The fraction of sp³-hybridized carbons (Fsp3) is 0.296. The lowest BCUT2D eigenvalue weighted by Gasteiger charge is -2.29. The molecule has 198 valence electrons. The Morgan fingerprint density at radius 3 is 2.79 bits per heavy atom. The summed E-state index contributed by atoms with van der Waals surface area (Å²) in [6.07, 6.45) is 6.75. The van der Waals surface area contributed by atoms with E-state index in [-0.39, 0.29) is 35.1 Å². The van der Waals surface area contributed by atoms with E-state index in [2.05, 4.69) is 26.5 Å². The minimum atomic E-state index is -0.863. The van der Waals surface area contributed by atoms with Crippen LogP contribution >= 0.6 is 11.6 Å². The van der Waals surface area contributed by atoms with Gasteiger partial charge >= 0.3 is 0 Å². The Balaban J connectivity index is 1.52. The Labute approximate surface area is 223 Å². The van der Waals surface area contributed by atoms with Gasteiger partial charge in [-0.05, 0) is 44.4 Å². The lowest BCUT2D eigenvalue weighted by Crippen LogP contribution is -2.28. The normalized spacial score (nSPS) is 17.7. The van der Waals surface area contributed by atoms with Crippen LogP contribution in [0.15, 0.2) is 58.6 Å². The van der Waals surface area contributed by atoms with Crippen LogP contribution in [0.25, 0.3) is 5.70 Å². The molecule has 0 spiro atoms. The molecule has 0 bridgehead atoms. The fourth-order valence-corrected chi connectivity index (χ4v) is 4.24. The van der Waals surface area contributed by atoms with Gasteiger partial charge in [0, 0.05) is 36.2 Å². The quantitative estimate of drug-likeness (QED) is 0.309. The van der Waals surface area contributed by atoms with Crippen LogP contribution in [0.1, 0.15) is 48.6 Å². The lowest BCUT2D eigenvalue weighted by atomic mass is 9.82. The molecule has 3 heterocycles. The Hall–Kier alpha value is -3.76. The number of ether oxygens (including phenoxy) is 1. The average Bonchev–Trinajstić information content (AvgIpc) is 2.87. The lowest BCUT2D eigenvalue weighted by molar-refractivity contribution is 0.0716. The number of aromatic nitrogens is 4. The highest BCUT2D eigenvalue weighted by molar-refractivity contribution is 6.31. The van der Waals surface area contributed by atoms with Gasteiger partial charge in [-0.3, -0.25) is 19.3 Å². The third-order valence-corrected chi connectivity index (χ3v) is 6.48. The molecule has 1 saturated carbocycles. The van der Waals surface area contributed by atoms with Gasteiger partial charge < -0.3 is 9.84 Å². The molecule has 0 unspecified atom stereocenters. The smallest absolute Gasteiger partial charge is 0.277 e. The Bertz CT molecular complexity index is 1480. The van der Waals surface area contributed by atoms with Crippen LogP contribution in [0.4, 0.5) is 8.78 Å². The SMILES string of the molecule is C=C/C(=C(/C)C=NCc1ccnc(C2CC(O)C2)n1)n1c(C)cc(OCc2ncc(F)cc2F)c(Cl)c1=O. The van der Waals surface area contributed by atoms with Gasteiger partial charge in [0.1, 0.15) is 34.7 Å². The highest BCUT2D eigenvalue weighted by Gasteiger charge is 2.30. The van der Waals surface area contributed by atoms with E-state index >= 15 is 0 Å². The zero-order chi connectivity index (χ0) is 27.4. The molecule has 0 aromatic carbocycles. The standard InChI is InChI=1S/C27H26ClF2N5O3/c1-4-23(15(2)11-31-13-19-5-6-32-26(34-19)17-8-20(36)9-17)35-16(3)7-24(25(28)27(35)37)38-14-22-21(30)10-18(29)12-33-22/h4-7,10-12,17,20,36H,1,8-9,13-14H2,2-3H3/b23-15+,31-11?. The summed E-state index contributed by atoms with van der Waals surface area (Å²) in [6, 6.07) is 4.02. The first kappa shape index (κ1) is 27.3. The van der Waals surface area contributed by atoms with Crippen molar-refractivity contribution < 1.29 is 18.6 Å². The summed E-state index contributed by atoms with van der Waals surface area (Å²) in [5, 5.41) is 9.31. The molecule has 1 aliphatic carbocycles. The maximum atomic E-state index is 13.9. The summed E-state index contributed by atoms with van der Waals surface area (Å²) >= 11 is 6.30. The predicted octanol–water partition coefficient (Wildman–Crippen LogP) is 4.78. The highest BCUT2D eigenvalue weighted by Crippen LogP contribution is 2.34. The van der Waals surface area contributed by atoms with Gasteiger partial charge in [-0.1, -0.05) is 18.2 Å². The van der Waals surface area contributed by atoms with Crippen LogP contribution in [0, 0.1) is 18.6 Å². The van der Waals surface area contributed by atoms with Crippen LogP contribution in [0.3, 0.4) is 0 Å². The predicted molar refractivity (Wildman–Crippen MR) is 140 cm³/mol.